The lowest BCUT2D eigenvalue weighted by atomic mass is 9.94. The summed E-state index contributed by atoms with van der Waals surface area (Å²) in [5, 5.41) is -1.23. The van der Waals surface area contributed by atoms with E-state index in [0.29, 0.717) is 41.6 Å². The SMILES string of the molecule is COC[C@@H]1CCCN1C(=O)c1c(F)c(Cl)cc([C@](C)([Si])c2nc(C)c3c(N)nccn23)c1OC(C)C. The summed E-state index contributed by atoms with van der Waals surface area (Å²) in [7, 11) is 5.46. The van der Waals surface area contributed by atoms with Crippen LogP contribution in [0, 0.1) is 12.7 Å². The minimum Gasteiger partial charge on any atom is -0.490 e. The number of amides is 1. The highest BCUT2D eigenvalue weighted by Gasteiger charge is 2.39. The lowest BCUT2D eigenvalue weighted by molar-refractivity contribution is 0.0620. The van der Waals surface area contributed by atoms with E-state index in [1.165, 1.54) is 6.07 Å². The van der Waals surface area contributed by atoms with E-state index in [4.69, 9.17) is 31.8 Å². The molecule has 2 aromatic heterocycles. The largest absolute Gasteiger partial charge is 0.490 e. The number of aromatic nitrogens is 3. The summed E-state index contributed by atoms with van der Waals surface area (Å²) in [6.45, 7) is 8.19. The molecule has 3 aromatic rings. The monoisotopic (exact) mass is 530 g/mol. The van der Waals surface area contributed by atoms with Crippen LogP contribution in [-0.4, -0.2) is 67.8 Å². The predicted octanol–water partition coefficient (Wildman–Crippen LogP) is 3.88. The second-order valence-electron chi connectivity index (χ2n) is 9.52. The molecular weight excluding hydrogens is 501 g/mol. The Balaban J connectivity index is 1.95. The van der Waals surface area contributed by atoms with Crippen LogP contribution >= 0.6 is 11.6 Å². The van der Waals surface area contributed by atoms with Crippen molar-refractivity contribution >= 4 is 39.1 Å². The molecule has 1 amide bonds. The first kappa shape index (κ1) is 26.4. The minimum absolute atomic E-state index is 0.119. The van der Waals surface area contributed by atoms with Gasteiger partial charge < -0.3 is 20.1 Å². The Hall–Kier alpha value is -2.69. The van der Waals surface area contributed by atoms with E-state index >= 15 is 4.39 Å². The standard InChI is InChI=1S/C25H30ClFN5O3Si/c1-13(2)35-21-16(25(4,36)24-30-14(3)20-22(28)29-8-10-32(20)24)11-17(26)19(27)18(21)23(33)31-9-6-7-15(31)12-34-5/h8,10-11,13,15H,6-7,9,12H2,1-5H3,(H2,28,29)/t15-,25-/m0/s1. The first-order valence-corrected chi connectivity index (χ1v) is 12.7. The van der Waals surface area contributed by atoms with Crippen molar-refractivity contribution in [2.75, 3.05) is 26.0 Å². The van der Waals surface area contributed by atoms with E-state index < -0.39 is 16.8 Å². The van der Waals surface area contributed by atoms with E-state index in [1.54, 1.807) is 24.4 Å². The van der Waals surface area contributed by atoms with Gasteiger partial charge in [-0.05, 0) is 39.7 Å². The predicted molar refractivity (Wildman–Crippen MR) is 137 cm³/mol. The summed E-state index contributed by atoms with van der Waals surface area (Å²) >= 11 is 6.41. The molecule has 1 saturated heterocycles. The zero-order chi connectivity index (χ0) is 26.4. The van der Waals surface area contributed by atoms with Gasteiger partial charge >= 0.3 is 0 Å². The molecule has 0 unspecified atom stereocenters. The van der Waals surface area contributed by atoms with Gasteiger partial charge in [0.15, 0.2) is 5.82 Å². The second kappa shape index (κ2) is 9.99. The number of ether oxygens (including phenoxy) is 2. The van der Waals surface area contributed by atoms with E-state index in [1.807, 2.05) is 32.1 Å². The summed E-state index contributed by atoms with van der Waals surface area (Å²) in [6, 6.07) is 1.33. The molecule has 1 aliphatic heterocycles. The first-order chi connectivity index (χ1) is 17.0. The fourth-order valence-corrected chi connectivity index (χ4v) is 5.42. The normalized spacial score (nSPS) is 17.7. The lowest BCUT2D eigenvalue weighted by Crippen LogP contribution is -2.39. The van der Waals surface area contributed by atoms with Crippen LogP contribution in [0.1, 0.15) is 61.1 Å². The number of aryl methyl sites for hydroxylation is 1. The molecule has 0 aliphatic carbocycles. The lowest BCUT2D eigenvalue weighted by Gasteiger charge is -2.31. The molecule has 1 aromatic carbocycles. The van der Waals surface area contributed by atoms with Crippen molar-refractivity contribution in [2.45, 2.75) is 57.7 Å². The molecule has 4 rings (SSSR count). The Morgan fingerprint density at radius 3 is 2.83 bits per heavy atom. The Morgan fingerprint density at radius 1 is 1.44 bits per heavy atom. The Morgan fingerprint density at radius 2 is 2.17 bits per heavy atom. The molecule has 1 fully saturated rings. The number of nitrogens with two attached hydrogens (primary N) is 1. The maximum Gasteiger partial charge on any atom is 0.261 e. The fourth-order valence-electron chi connectivity index (χ4n) is 4.86. The van der Waals surface area contributed by atoms with Crippen LogP contribution in [0.15, 0.2) is 18.5 Å². The number of rotatable bonds is 7. The van der Waals surface area contributed by atoms with Gasteiger partial charge in [0.1, 0.15) is 28.5 Å². The third kappa shape index (κ3) is 4.46. The number of hydrogen-bond acceptors (Lipinski definition) is 6. The first-order valence-electron chi connectivity index (χ1n) is 11.8. The smallest absolute Gasteiger partial charge is 0.261 e. The molecule has 2 atom stereocenters. The van der Waals surface area contributed by atoms with Crippen molar-refractivity contribution in [3.8, 4) is 5.75 Å². The van der Waals surface area contributed by atoms with Crippen molar-refractivity contribution in [3.63, 3.8) is 0 Å². The third-order valence-electron chi connectivity index (χ3n) is 6.48. The number of likely N-dealkylation sites (tertiary alicyclic amines) is 1. The van der Waals surface area contributed by atoms with Gasteiger partial charge in [-0.2, -0.15) is 0 Å². The van der Waals surface area contributed by atoms with Gasteiger partial charge in [-0.15, -0.1) is 0 Å². The van der Waals surface area contributed by atoms with Crippen molar-refractivity contribution in [1.29, 1.82) is 0 Å². The molecule has 2 N–H and O–H groups in total. The molecule has 8 nitrogen and oxygen atoms in total. The molecule has 11 heteroatoms. The van der Waals surface area contributed by atoms with E-state index in [-0.39, 0.29) is 28.5 Å². The maximum atomic E-state index is 15.7. The van der Waals surface area contributed by atoms with Gasteiger partial charge in [-0.3, -0.25) is 9.20 Å². The zero-order valence-electron chi connectivity index (χ0n) is 21.1. The van der Waals surface area contributed by atoms with Crippen LogP contribution in [0.4, 0.5) is 10.2 Å². The summed E-state index contributed by atoms with van der Waals surface area (Å²) < 4.78 is 28.9. The van der Waals surface area contributed by atoms with Gasteiger partial charge in [0.05, 0.1) is 29.5 Å². The number of nitrogen functional groups attached to an aromatic ring is 1. The molecule has 3 heterocycles. The average Bonchev–Trinajstić information content (AvgIpc) is 3.41. The van der Waals surface area contributed by atoms with Crippen LogP contribution in [-0.2, 0) is 9.78 Å². The van der Waals surface area contributed by atoms with Gasteiger partial charge in [0, 0.05) is 46.9 Å². The van der Waals surface area contributed by atoms with Crippen molar-refractivity contribution in [1.82, 2.24) is 19.3 Å². The van der Waals surface area contributed by atoms with Gasteiger partial charge in [-0.1, -0.05) is 18.5 Å². The number of carbonyl (C=O) groups is 1. The Labute approximate surface area is 218 Å². The van der Waals surface area contributed by atoms with E-state index in [9.17, 15) is 4.79 Å². The van der Waals surface area contributed by atoms with Crippen LogP contribution in [0.3, 0.4) is 0 Å². The number of benzene rings is 1. The molecule has 191 valence electrons. The number of carbonyl (C=O) groups excluding carboxylic acids is 1. The van der Waals surface area contributed by atoms with Crippen LogP contribution in [0.2, 0.25) is 5.02 Å². The average molecular weight is 531 g/mol. The van der Waals surface area contributed by atoms with Crippen LogP contribution in [0.25, 0.3) is 5.52 Å². The fraction of sp³-hybridized carbons (Fsp3) is 0.480. The van der Waals surface area contributed by atoms with Gasteiger partial charge in [0.25, 0.3) is 5.91 Å². The number of halogens is 2. The number of anilines is 1. The van der Waals surface area contributed by atoms with Crippen molar-refractivity contribution in [2.24, 2.45) is 0 Å². The second-order valence-corrected chi connectivity index (χ2v) is 10.9. The van der Waals surface area contributed by atoms with Crippen LogP contribution in [0.5, 0.6) is 5.75 Å². The number of hydrogen-bond donors (Lipinski definition) is 1. The Kier molecular flexibility index (Phi) is 7.32. The summed E-state index contributed by atoms with van der Waals surface area (Å²) in [6.07, 6.45) is 4.57. The molecule has 1 aliphatic rings. The van der Waals surface area contributed by atoms with Gasteiger partial charge in [0.2, 0.25) is 0 Å². The third-order valence-corrected chi connectivity index (χ3v) is 7.25. The molecule has 0 saturated carbocycles. The number of fused-ring (bicyclic) bond motifs is 1. The van der Waals surface area contributed by atoms with Crippen LogP contribution < -0.4 is 10.5 Å². The zero-order valence-corrected chi connectivity index (χ0v) is 22.8. The van der Waals surface area contributed by atoms with Crippen molar-refractivity contribution < 1.29 is 18.7 Å². The number of methoxy groups -OCH3 is 1. The minimum atomic E-state index is -1.04. The molecule has 3 radical (unpaired) electrons. The molecule has 36 heavy (non-hydrogen) atoms. The highest BCUT2D eigenvalue weighted by atomic mass is 35.5. The molecular formula is C25H30ClFN5O3Si. The highest BCUT2D eigenvalue weighted by molar-refractivity contribution is 6.31. The Bertz CT molecular complexity index is 1310. The molecule has 0 spiro atoms. The topological polar surface area (TPSA) is 95.0 Å². The van der Waals surface area contributed by atoms with E-state index in [0.717, 1.165) is 12.8 Å². The number of imidazole rings is 1. The summed E-state index contributed by atoms with van der Waals surface area (Å²) in [4.78, 5) is 24.4. The van der Waals surface area contributed by atoms with Gasteiger partial charge in [-0.25, -0.2) is 14.4 Å². The highest BCUT2D eigenvalue weighted by Crippen LogP contribution is 2.42. The maximum absolute atomic E-state index is 15.7. The quantitative estimate of drug-likeness (QED) is 0.466. The summed E-state index contributed by atoms with van der Waals surface area (Å²) in [5.41, 5.74) is 7.72. The molecule has 0 bridgehead atoms. The van der Waals surface area contributed by atoms with E-state index in [2.05, 4.69) is 15.2 Å². The van der Waals surface area contributed by atoms with Crippen molar-refractivity contribution in [3.05, 3.63) is 51.9 Å². The summed E-state index contributed by atoms with van der Waals surface area (Å²) in [5.74, 6) is -0.292. The number of nitrogens with zero attached hydrogens (tertiary/aromatic N) is 4.